The van der Waals surface area contributed by atoms with Crippen molar-refractivity contribution in [2.45, 2.75) is 6.54 Å². The van der Waals surface area contributed by atoms with E-state index in [0.717, 1.165) is 5.56 Å². The van der Waals surface area contributed by atoms with Crippen LogP contribution in [0.15, 0.2) is 77.8 Å². The van der Waals surface area contributed by atoms with Crippen LogP contribution in [0.25, 0.3) is 0 Å². The number of hydrogen-bond acceptors (Lipinski definition) is 6. The number of ketones is 1. The number of allylic oxidation sites excluding steroid dienone is 1. The van der Waals surface area contributed by atoms with Crippen molar-refractivity contribution in [3.05, 3.63) is 94.0 Å². The lowest BCUT2D eigenvalue weighted by Crippen LogP contribution is -2.39. The van der Waals surface area contributed by atoms with Crippen molar-refractivity contribution < 1.29 is 22.7 Å². The first kappa shape index (κ1) is 22.7. The van der Waals surface area contributed by atoms with Crippen LogP contribution < -0.4 is 19.1 Å². The number of halogens is 1. The number of sulfonamides is 1. The molecular formula is C24H21ClN2O5S. The van der Waals surface area contributed by atoms with Gasteiger partial charge in [0, 0.05) is 40.7 Å². The topological polar surface area (TPSA) is 84.9 Å². The maximum atomic E-state index is 13.5. The third kappa shape index (κ3) is 4.53. The molecule has 7 nitrogen and oxygen atoms in total. The van der Waals surface area contributed by atoms with Gasteiger partial charge in [-0.2, -0.15) is 0 Å². The first-order valence-electron chi connectivity index (χ1n) is 9.94. The first-order valence-corrected chi connectivity index (χ1v) is 11.8. The molecule has 0 unspecified atom stereocenters. The number of ether oxygens (including phenoxy) is 2. The standard InChI is InChI=1S/C24H21ClN2O5S/c1-31-19-11-18(12-20(13-19)32-2)26-14-23-24(28)21-5-3-4-6-22(21)27(33(23,29)30)15-16-7-9-17(25)10-8-16/h3-14,26H,15H2,1-2H3. The number of methoxy groups -OCH3 is 2. The van der Waals surface area contributed by atoms with E-state index in [-0.39, 0.29) is 11.4 Å². The Kier molecular flexibility index (Phi) is 6.31. The minimum Gasteiger partial charge on any atom is -0.497 e. The molecule has 0 radical (unpaired) electrons. The Morgan fingerprint density at radius 2 is 1.61 bits per heavy atom. The fourth-order valence-electron chi connectivity index (χ4n) is 3.49. The number of carbonyl (C=O) groups is 1. The molecular weight excluding hydrogens is 464 g/mol. The van der Waals surface area contributed by atoms with Crippen molar-refractivity contribution in [3.8, 4) is 11.5 Å². The molecule has 1 aliphatic rings. The third-order valence-electron chi connectivity index (χ3n) is 5.17. The van der Waals surface area contributed by atoms with Gasteiger partial charge in [-0.25, -0.2) is 8.42 Å². The van der Waals surface area contributed by atoms with E-state index in [1.54, 1.807) is 66.7 Å². The lowest BCUT2D eigenvalue weighted by atomic mass is 10.1. The van der Waals surface area contributed by atoms with Crippen LogP contribution in [0.2, 0.25) is 5.02 Å². The number of nitrogens with zero attached hydrogens (tertiary/aromatic N) is 1. The van der Waals surface area contributed by atoms with E-state index in [2.05, 4.69) is 5.32 Å². The number of nitrogens with one attached hydrogen (secondary N) is 1. The zero-order valence-electron chi connectivity index (χ0n) is 17.9. The summed E-state index contributed by atoms with van der Waals surface area (Å²) in [6.07, 6.45) is 1.21. The van der Waals surface area contributed by atoms with Crippen LogP contribution >= 0.6 is 11.6 Å². The molecule has 170 valence electrons. The number of carbonyl (C=O) groups excluding carboxylic acids is 1. The Balaban J connectivity index is 1.76. The summed E-state index contributed by atoms with van der Waals surface area (Å²) >= 11 is 5.96. The quantitative estimate of drug-likeness (QED) is 0.504. The van der Waals surface area contributed by atoms with Crippen LogP contribution in [-0.2, 0) is 16.6 Å². The molecule has 0 fully saturated rings. The number of hydrogen-bond donors (Lipinski definition) is 1. The van der Waals surface area contributed by atoms with E-state index in [9.17, 15) is 13.2 Å². The van der Waals surface area contributed by atoms with E-state index >= 15 is 0 Å². The summed E-state index contributed by atoms with van der Waals surface area (Å²) in [5.74, 6) is 0.450. The fourth-order valence-corrected chi connectivity index (χ4v) is 5.14. The number of rotatable bonds is 6. The molecule has 0 bridgehead atoms. The summed E-state index contributed by atoms with van der Waals surface area (Å²) in [5, 5.41) is 3.46. The Hall–Kier alpha value is -3.49. The van der Waals surface area contributed by atoms with E-state index in [0.29, 0.717) is 33.5 Å². The lowest BCUT2D eigenvalue weighted by Gasteiger charge is -2.31. The van der Waals surface area contributed by atoms with E-state index in [1.165, 1.54) is 24.7 Å². The molecule has 1 aliphatic heterocycles. The summed E-state index contributed by atoms with van der Waals surface area (Å²) in [6, 6.07) is 18.5. The summed E-state index contributed by atoms with van der Waals surface area (Å²) < 4.78 is 38.8. The molecule has 4 rings (SSSR count). The fraction of sp³-hybridized carbons (Fsp3) is 0.125. The maximum Gasteiger partial charge on any atom is 0.270 e. The Labute approximate surface area is 197 Å². The van der Waals surface area contributed by atoms with Crippen molar-refractivity contribution in [2.24, 2.45) is 0 Å². The number of benzene rings is 3. The summed E-state index contributed by atoms with van der Waals surface area (Å²) in [4.78, 5) is 12.8. The summed E-state index contributed by atoms with van der Waals surface area (Å²) in [6.45, 7) is 0.0497. The van der Waals surface area contributed by atoms with Gasteiger partial charge in [0.05, 0.1) is 26.5 Å². The monoisotopic (exact) mass is 484 g/mol. The van der Waals surface area contributed by atoms with Gasteiger partial charge in [-0.15, -0.1) is 0 Å². The van der Waals surface area contributed by atoms with Gasteiger partial charge in [0.15, 0.2) is 4.91 Å². The number of para-hydroxylation sites is 1. The predicted octanol–water partition coefficient (Wildman–Crippen LogP) is 4.84. The van der Waals surface area contributed by atoms with Gasteiger partial charge in [-0.05, 0) is 29.8 Å². The second-order valence-corrected chi connectivity index (χ2v) is 9.51. The SMILES string of the molecule is COc1cc(NC=C2C(=O)c3ccccc3N(Cc3ccc(Cl)cc3)S2(=O)=O)cc(OC)c1. The van der Waals surface area contributed by atoms with Gasteiger partial charge < -0.3 is 14.8 Å². The van der Waals surface area contributed by atoms with E-state index in [1.807, 2.05) is 0 Å². The zero-order chi connectivity index (χ0) is 23.6. The van der Waals surface area contributed by atoms with Crippen molar-refractivity contribution in [2.75, 3.05) is 23.8 Å². The smallest absolute Gasteiger partial charge is 0.270 e. The number of Topliss-reactive ketones (excluding diaryl/α,β-unsaturated/α-hetero) is 1. The number of anilines is 2. The Morgan fingerprint density at radius 3 is 2.24 bits per heavy atom. The first-order chi connectivity index (χ1) is 15.8. The average Bonchev–Trinajstić information content (AvgIpc) is 2.82. The summed E-state index contributed by atoms with van der Waals surface area (Å²) in [5.41, 5.74) is 1.87. The lowest BCUT2D eigenvalue weighted by molar-refractivity contribution is 0.104. The molecule has 1 heterocycles. The molecule has 9 heteroatoms. The largest absolute Gasteiger partial charge is 0.497 e. The van der Waals surface area contributed by atoms with Crippen LogP contribution in [0.3, 0.4) is 0 Å². The zero-order valence-corrected chi connectivity index (χ0v) is 19.5. The van der Waals surface area contributed by atoms with E-state index in [4.69, 9.17) is 21.1 Å². The van der Waals surface area contributed by atoms with Crippen LogP contribution in [0.5, 0.6) is 11.5 Å². The normalized spacial score (nSPS) is 15.8. The van der Waals surface area contributed by atoms with Gasteiger partial charge in [0.2, 0.25) is 5.78 Å². The van der Waals surface area contributed by atoms with Crippen LogP contribution in [0, 0.1) is 0 Å². The van der Waals surface area contributed by atoms with Gasteiger partial charge in [0.1, 0.15) is 11.5 Å². The molecule has 3 aromatic carbocycles. The molecule has 0 amide bonds. The second kappa shape index (κ2) is 9.17. The third-order valence-corrected chi connectivity index (χ3v) is 7.19. The maximum absolute atomic E-state index is 13.5. The molecule has 3 aromatic rings. The number of fused-ring (bicyclic) bond motifs is 1. The highest BCUT2D eigenvalue weighted by atomic mass is 35.5. The highest BCUT2D eigenvalue weighted by Crippen LogP contribution is 2.36. The average molecular weight is 485 g/mol. The minimum absolute atomic E-state index is 0.0497. The van der Waals surface area contributed by atoms with Gasteiger partial charge >= 0.3 is 0 Å². The van der Waals surface area contributed by atoms with Crippen LogP contribution in [0.1, 0.15) is 15.9 Å². The van der Waals surface area contributed by atoms with Crippen molar-refractivity contribution in [1.29, 1.82) is 0 Å². The van der Waals surface area contributed by atoms with Crippen molar-refractivity contribution in [1.82, 2.24) is 0 Å². The van der Waals surface area contributed by atoms with Gasteiger partial charge in [-0.1, -0.05) is 35.9 Å². The highest BCUT2D eigenvalue weighted by molar-refractivity contribution is 7.97. The molecule has 0 aliphatic carbocycles. The molecule has 33 heavy (non-hydrogen) atoms. The molecule has 1 N–H and O–H groups in total. The summed E-state index contributed by atoms with van der Waals surface area (Å²) in [7, 11) is -1.13. The van der Waals surface area contributed by atoms with Crippen LogP contribution in [-0.4, -0.2) is 28.4 Å². The van der Waals surface area contributed by atoms with Crippen molar-refractivity contribution >= 4 is 38.8 Å². The molecule has 0 aromatic heterocycles. The van der Waals surface area contributed by atoms with Gasteiger partial charge in [-0.3, -0.25) is 9.10 Å². The van der Waals surface area contributed by atoms with E-state index < -0.39 is 15.8 Å². The predicted molar refractivity (Wildman–Crippen MR) is 129 cm³/mol. The minimum atomic E-state index is -4.15. The molecule has 0 spiro atoms. The molecule has 0 saturated heterocycles. The highest BCUT2D eigenvalue weighted by Gasteiger charge is 2.40. The van der Waals surface area contributed by atoms with Crippen molar-refractivity contribution in [3.63, 3.8) is 0 Å². The Bertz CT molecular complexity index is 1310. The molecule has 0 atom stereocenters. The molecule has 0 saturated carbocycles. The van der Waals surface area contributed by atoms with Crippen LogP contribution in [0.4, 0.5) is 11.4 Å². The second-order valence-electron chi connectivity index (χ2n) is 7.24. The van der Waals surface area contributed by atoms with Gasteiger partial charge in [0.25, 0.3) is 10.0 Å². The Morgan fingerprint density at radius 1 is 0.970 bits per heavy atom.